The van der Waals surface area contributed by atoms with Crippen LogP contribution in [-0.4, -0.2) is 45.2 Å². The first kappa shape index (κ1) is 29.7. The second kappa shape index (κ2) is 11.9. The number of nitrogens with one attached hydrogen (secondary N) is 1. The maximum absolute atomic E-state index is 14.0. The molecule has 0 aliphatic carbocycles. The van der Waals surface area contributed by atoms with Crippen molar-refractivity contribution in [3.05, 3.63) is 103 Å². The number of imide groups is 1. The van der Waals surface area contributed by atoms with Crippen LogP contribution in [0.5, 0.6) is 5.75 Å². The molecule has 0 radical (unpaired) electrons. The number of halogens is 1. The molecule has 1 aromatic heterocycles. The number of esters is 1. The zero-order valence-corrected chi connectivity index (χ0v) is 25.4. The van der Waals surface area contributed by atoms with Gasteiger partial charge in [0.2, 0.25) is 17.7 Å². The van der Waals surface area contributed by atoms with Gasteiger partial charge in [-0.2, -0.15) is 0 Å². The minimum absolute atomic E-state index is 0.0838. The molecule has 0 spiro atoms. The van der Waals surface area contributed by atoms with E-state index in [4.69, 9.17) is 16.3 Å². The number of rotatable bonds is 7. The molecule has 2 aliphatic heterocycles. The van der Waals surface area contributed by atoms with Crippen molar-refractivity contribution in [1.82, 2.24) is 4.57 Å². The van der Waals surface area contributed by atoms with Gasteiger partial charge in [0.25, 0.3) is 0 Å². The summed E-state index contributed by atoms with van der Waals surface area (Å²) >= 11 is 7.88. The molecule has 4 aromatic rings. The predicted octanol–water partition coefficient (Wildman–Crippen LogP) is 4.88. The number of phenols is 1. The fourth-order valence-electron chi connectivity index (χ4n) is 5.43. The summed E-state index contributed by atoms with van der Waals surface area (Å²) in [5.41, 5.74) is 1.44. The number of aromatic hydroxyl groups is 1. The summed E-state index contributed by atoms with van der Waals surface area (Å²) in [6.45, 7) is 1.57. The van der Waals surface area contributed by atoms with Crippen LogP contribution in [0.2, 0.25) is 5.02 Å². The molecule has 1 saturated heterocycles. The topological polar surface area (TPSA) is 135 Å². The molecule has 0 saturated carbocycles. The molecular formula is C31H24ClN3O7S2. The third-order valence-electron chi connectivity index (χ3n) is 7.39. The van der Waals surface area contributed by atoms with E-state index in [-0.39, 0.29) is 30.2 Å². The van der Waals surface area contributed by atoms with E-state index in [1.165, 1.54) is 34.9 Å². The zero-order valence-electron chi connectivity index (χ0n) is 23.1. The Bertz CT molecular complexity index is 1850. The Morgan fingerprint density at radius 3 is 2.36 bits per heavy atom. The van der Waals surface area contributed by atoms with Gasteiger partial charge in [0.05, 0.1) is 28.8 Å². The molecule has 44 heavy (non-hydrogen) atoms. The van der Waals surface area contributed by atoms with Crippen molar-refractivity contribution < 1.29 is 29.0 Å². The van der Waals surface area contributed by atoms with Gasteiger partial charge in [0.15, 0.2) is 0 Å². The monoisotopic (exact) mass is 649 g/mol. The maximum atomic E-state index is 14.0. The number of benzene rings is 3. The second-order valence-electron chi connectivity index (χ2n) is 10.1. The van der Waals surface area contributed by atoms with Crippen molar-refractivity contribution in [3.63, 3.8) is 0 Å². The molecule has 3 amide bonds. The molecule has 2 aliphatic rings. The van der Waals surface area contributed by atoms with Gasteiger partial charge < -0.3 is 15.2 Å². The highest BCUT2D eigenvalue weighted by atomic mass is 35.5. The highest BCUT2D eigenvalue weighted by Crippen LogP contribution is 2.55. The maximum Gasteiger partial charge on any atom is 0.338 e. The number of carbonyl (C=O) groups excluding carboxylic acids is 4. The molecule has 2 N–H and O–H groups in total. The van der Waals surface area contributed by atoms with Gasteiger partial charge in [-0.3, -0.25) is 23.7 Å². The summed E-state index contributed by atoms with van der Waals surface area (Å²) in [4.78, 5) is 67.5. The number of hydrogen-bond donors (Lipinski definition) is 2. The minimum Gasteiger partial charge on any atom is -0.508 e. The summed E-state index contributed by atoms with van der Waals surface area (Å²) in [7, 11) is 0. The first-order valence-corrected chi connectivity index (χ1v) is 15.6. The van der Waals surface area contributed by atoms with Crippen LogP contribution in [0.15, 0.2) is 82.6 Å². The van der Waals surface area contributed by atoms with Crippen molar-refractivity contribution >= 4 is 69.8 Å². The highest BCUT2D eigenvalue weighted by molar-refractivity contribution is 8.00. The molecule has 13 heteroatoms. The van der Waals surface area contributed by atoms with Crippen LogP contribution in [-0.2, 0) is 25.7 Å². The van der Waals surface area contributed by atoms with Crippen molar-refractivity contribution in [1.29, 1.82) is 0 Å². The molecule has 3 aromatic carbocycles. The van der Waals surface area contributed by atoms with Crippen LogP contribution in [0.1, 0.15) is 33.6 Å². The Hall–Kier alpha value is -4.39. The van der Waals surface area contributed by atoms with Gasteiger partial charge >= 0.3 is 10.8 Å². The molecule has 6 rings (SSSR count). The van der Waals surface area contributed by atoms with E-state index in [1.807, 2.05) is 0 Å². The highest BCUT2D eigenvalue weighted by Gasteiger charge is 2.57. The van der Waals surface area contributed by atoms with Gasteiger partial charge in [-0.05, 0) is 61.5 Å². The number of amides is 3. The molecule has 2 unspecified atom stereocenters. The zero-order chi connectivity index (χ0) is 31.1. The van der Waals surface area contributed by atoms with E-state index in [0.717, 1.165) is 28.0 Å². The SMILES string of the molecule is CCOC(=O)c1ccc(N2C(=O)C3Sc4c(sc(=O)n4CC(=O)Nc4ccc(Cl)cc4)[C@@H](c4ccccc4O)C3C2=O)cc1. The third kappa shape index (κ3) is 5.29. The van der Waals surface area contributed by atoms with Crippen molar-refractivity contribution in [3.8, 4) is 5.75 Å². The number of anilines is 2. The smallest absolute Gasteiger partial charge is 0.338 e. The number of fused-ring (bicyclic) bond motifs is 2. The van der Waals surface area contributed by atoms with E-state index < -0.39 is 45.6 Å². The summed E-state index contributed by atoms with van der Waals surface area (Å²) < 4.78 is 6.33. The lowest BCUT2D eigenvalue weighted by molar-refractivity contribution is -0.122. The number of thioether (sulfide) groups is 1. The Kier molecular flexibility index (Phi) is 8.06. The van der Waals surface area contributed by atoms with E-state index >= 15 is 0 Å². The van der Waals surface area contributed by atoms with Crippen LogP contribution in [0.4, 0.5) is 11.4 Å². The number of nitrogens with zero attached hydrogens (tertiary/aromatic N) is 2. The van der Waals surface area contributed by atoms with E-state index in [0.29, 0.717) is 26.2 Å². The molecule has 3 heterocycles. The summed E-state index contributed by atoms with van der Waals surface area (Å²) in [5.74, 6) is -3.83. The fraction of sp³-hybridized carbons (Fsp3) is 0.194. The summed E-state index contributed by atoms with van der Waals surface area (Å²) in [5, 5.41) is 13.6. The van der Waals surface area contributed by atoms with Gasteiger partial charge in [-0.25, -0.2) is 9.69 Å². The molecule has 1 fully saturated rings. The molecular weight excluding hydrogens is 626 g/mol. The van der Waals surface area contributed by atoms with Crippen LogP contribution in [0, 0.1) is 5.92 Å². The molecule has 224 valence electrons. The first-order chi connectivity index (χ1) is 21.2. The number of ether oxygens (including phenoxy) is 1. The average molecular weight is 650 g/mol. The number of para-hydroxylation sites is 1. The minimum atomic E-state index is -0.941. The van der Waals surface area contributed by atoms with Crippen molar-refractivity contribution in [2.24, 2.45) is 5.92 Å². The number of carbonyl (C=O) groups is 4. The predicted molar refractivity (Wildman–Crippen MR) is 167 cm³/mol. The van der Waals surface area contributed by atoms with Crippen LogP contribution >= 0.6 is 34.7 Å². The fourth-order valence-corrected chi connectivity index (χ4v) is 8.32. The van der Waals surface area contributed by atoms with Crippen molar-refractivity contribution in [2.45, 2.75) is 29.7 Å². The average Bonchev–Trinajstić information content (AvgIpc) is 3.45. The van der Waals surface area contributed by atoms with E-state index in [2.05, 4.69) is 5.32 Å². The van der Waals surface area contributed by atoms with Gasteiger partial charge in [0.1, 0.15) is 17.5 Å². The molecule has 3 atom stereocenters. The number of aromatic nitrogens is 1. The lowest BCUT2D eigenvalue weighted by Crippen LogP contribution is -2.33. The van der Waals surface area contributed by atoms with E-state index in [9.17, 15) is 29.1 Å². The largest absolute Gasteiger partial charge is 0.508 e. The Balaban J connectivity index is 1.38. The van der Waals surface area contributed by atoms with E-state index in [1.54, 1.807) is 49.4 Å². The Labute approximate surface area is 264 Å². The van der Waals surface area contributed by atoms with Gasteiger partial charge in [-0.15, -0.1) is 0 Å². The van der Waals surface area contributed by atoms with Crippen LogP contribution in [0.25, 0.3) is 0 Å². The number of phenolic OH excluding ortho intramolecular Hbond substituents is 1. The third-order valence-corrected chi connectivity index (χ3v) is 10.2. The Morgan fingerprint density at radius 1 is 0.977 bits per heavy atom. The molecule has 10 nitrogen and oxygen atoms in total. The lowest BCUT2D eigenvalue weighted by Gasteiger charge is -2.31. The first-order valence-electron chi connectivity index (χ1n) is 13.6. The number of hydrogen-bond acceptors (Lipinski definition) is 9. The molecule has 0 bridgehead atoms. The normalized spacial score (nSPS) is 19.0. The second-order valence-corrected chi connectivity index (χ2v) is 12.6. The lowest BCUT2D eigenvalue weighted by atomic mass is 9.82. The van der Waals surface area contributed by atoms with Crippen LogP contribution in [0.3, 0.4) is 0 Å². The quantitative estimate of drug-likeness (QED) is 0.214. The summed E-state index contributed by atoms with van der Waals surface area (Å²) in [6.07, 6.45) is 0. The summed E-state index contributed by atoms with van der Waals surface area (Å²) in [6, 6.07) is 19.0. The van der Waals surface area contributed by atoms with Crippen molar-refractivity contribution in [2.75, 3.05) is 16.8 Å². The van der Waals surface area contributed by atoms with Gasteiger partial charge in [0, 0.05) is 27.1 Å². The standard InChI is InChI=1S/C31H24ClN3O7S2/c1-2-42-30(40)16-7-13-19(14-8-16)35-27(38)24-23(20-5-3-4-6-21(20)36)26-29(43-25(24)28(35)39)34(31(41)44-26)15-22(37)33-18-11-9-17(32)10-12-18/h3-14,23-25,36H,2,15H2,1H3,(H,33,37)/t23-,24?,25?/m0/s1. The van der Waals surface area contributed by atoms with Crippen LogP contribution < -0.4 is 15.1 Å². The Morgan fingerprint density at radius 2 is 1.68 bits per heavy atom. The van der Waals surface area contributed by atoms with Gasteiger partial charge in [-0.1, -0.05) is 52.9 Å². The number of thiazole rings is 1.